The third-order valence-corrected chi connectivity index (χ3v) is 2.99. The molecular weight excluding hydrogens is 210 g/mol. The summed E-state index contributed by atoms with van der Waals surface area (Å²) in [5.41, 5.74) is 9.36. The number of nitrogens with two attached hydrogens (primary N) is 1. The molecular formula is C14H19N3. The van der Waals surface area contributed by atoms with Crippen LogP contribution in [0.1, 0.15) is 37.8 Å². The molecule has 3 heteroatoms. The molecule has 1 aromatic carbocycles. The van der Waals surface area contributed by atoms with E-state index in [0.717, 1.165) is 35.6 Å². The van der Waals surface area contributed by atoms with Gasteiger partial charge in [-0.3, -0.25) is 0 Å². The number of H-pyrrole nitrogens is 1. The minimum absolute atomic E-state index is 0.00207. The van der Waals surface area contributed by atoms with E-state index < -0.39 is 0 Å². The van der Waals surface area contributed by atoms with E-state index in [-0.39, 0.29) is 6.04 Å². The molecule has 2 aromatic rings. The highest BCUT2D eigenvalue weighted by atomic mass is 15.0. The number of hydrogen-bond acceptors (Lipinski definition) is 2. The van der Waals surface area contributed by atoms with Crippen LogP contribution in [0, 0.1) is 0 Å². The SMILES string of the molecule is CCc1[nH]c(C(N)CC)nc1-c1ccccc1. The first-order valence-electron chi connectivity index (χ1n) is 6.16. The summed E-state index contributed by atoms with van der Waals surface area (Å²) in [4.78, 5) is 7.99. The molecule has 1 atom stereocenters. The minimum Gasteiger partial charge on any atom is -0.344 e. The second-order valence-electron chi connectivity index (χ2n) is 4.18. The van der Waals surface area contributed by atoms with E-state index in [0.29, 0.717) is 0 Å². The highest BCUT2D eigenvalue weighted by molar-refractivity contribution is 5.62. The van der Waals surface area contributed by atoms with Gasteiger partial charge in [0.15, 0.2) is 0 Å². The monoisotopic (exact) mass is 229 g/mol. The Balaban J connectivity index is 2.43. The maximum absolute atomic E-state index is 6.02. The number of rotatable bonds is 4. The number of benzene rings is 1. The van der Waals surface area contributed by atoms with E-state index >= 15 is 0 Å². The van der Waals surface area contributed by atoms with Crippen LogP contribution in [0.25, 0.3) is 11.3 Å². The summed E-state index contributed by atoms with van der Waals surface area (Å²) in [6.45, 7) is 4.20. The van der Waals surface area contributed by atoms with Gasteiger partial charge in [-0.05, 0) is 12.8 Å². The van der Waals surface area contributed by atoms with E-state index in [1.54, 1.807) is 0 Å². The Morgan fingerprint density at radius 1 is 1.24 bits per heavy atom. The lowest BCUT2D eigenvalue weighted by Crippen LogP contribution is -2.10. The molecule has 1 unspecified atom stereocenters. The highest BCUT2D eigenvalue weighted by Gasteiger charge is 2.14. The van der Waals surface area contributed by atoms with Crippen molar-refractivity contribution in [2.45, 2.75) is 32.7 Å². The minimum atomic E-state index is -0.00207. The molecule has 0 aliphatic heterocycles. The average Bonchev–Trinajstić information content (AvgIpc) is 2.83. The summed E-state index contributed by atoms with van der Waals surface area (Å²) in [6, 6.07) is 10.2. The van der Waals surface area contributed by atoms with Crippen molar-refractivity contribution >= 4 is 0 Å². The van der Waals surface area contributed by atoms with Gasteiger partial charge in [-0.25, -0.2) is 4.98 Å². The van der Waals surface area contributed by atoms with E-state index in [1.807, 2.05) is 18.2 Å². The number of aryl methyl sites for hydroxylation is 1. The summed E-state index contributed by atoms with van der Waals surface area (Å²) in [5.74, 6) is 0.892. The molecule has 1 heterocycles. The van der Waals surface area contributed by atoms with Crippen molar-refractivity contribution in [3.8, 4) is 11.3 Å². The van der Waals surface area contributed by atoms with E-state index in [9.17, 15) is 0 Å². The summed E-state index contributed by atoms with van der Waals surface area (Å²) < 4.78 is 0. The lowest BCUT2D eigenvalue weighted by atomic mass is 10.1. The number of aromatic amines is 1. The van der Waals surface area contributed by atoms with Gasteiger partial charge in [0, 0.05) is 11.3 Å². The largest absolute Gasteiger partial charge is 0.344 e. The summed E-state index contributed by atoms with van der Waals surface area (Å²) in [5, 5.41) is 0. The van der Waals surface area contributed by atoms with Crippen LogP contribution in [0.5, 0.6) is 0 Å². The quantitative estimate of drug-likeness (QED) is 0.846. The summed E-state index contributed by atoms with van der Waals surface area (Å²) >= 11 is 0. The van der Waals surface area contributed by atoms with Gasteiger partial charge in [0.1, 0.15) is 5.82 Å². The molecule has 3 nitrogen and oxygen atoms in total. The van der Waals surface area contributed by atoms with Gasteiger partial charge in [0.25, 0.3) is 0 Å². The molecule has 3 N–H and O–H groups in total. The van der Waals surface area contributed by atoms with Gasteiger partial charge in [-0.2, -0.15) is 0 Å². The molecule has 0 amide bonds. The zero-order chi connectivity index (χ0) is 12.3. The molecule has 0 fully saturated rings. The number of nitrogens with one attached hydrogen (secondary N) is 1. The number of nitrogens with zero attached hydrogens (tertiary/aromatic N) is 1. The van der Waals surface area contributed by atoms with E-state index in [2.05, 4.69) is 35.9 Å². The van der Waals surface area contributed by atoms with Crippen molar-refractivity contribution in [3.63, 3.8) is 0 Å². The van der Waals surface area contributed by atoms with Crippen LogP contribution in [0.4, 0.5) is 0 Å². The first-order valence-corrected chi connectivity index (χ1v) is 6.16. The van der Waals surface area contributed by atoms with Crippen LogP contribution in [-0.2, 0) is 6.42 Å². The van der Waals surface area contributed by atoms with Crippen molar-refractivity contribution < 1.29 is 0 Å². The molecule has 0 saturated carbocycles. The number of aromatic nitrogens is 2. The maximum atomic E-state index is 6.02. The Labute approximate surface area is 102 Å². The van der Waals surface area contributed by atoms with Crippen LogP contribution >= 0.6 is 0 Å². The number of imidazole rings is 1. The van der Waals surface area contributed by atoms with Gasteiger partial charge < -0.3 is 10.7 Å². The maximum Gasteiger partial charge on any atom is 0.123 e. The molecule has 0 aliphatic carbocycles. The van der Waals surface area contributed by atoms with Gasteiger partial charge >= 0.3 is 0 Å². The molecule has 0 radical (unpaired) electrons. The Kier molecular flexibility index (Phi) is 3.59. The van der Waals surface area contributed by atoms with Crippen LogP contribution < -0.4 is 5.73 Å². The standard InChI is InChI=1S/C14H19N3/c1-3-11(15)14-16-12(4-2)13(17-14)10-8-6-5-7-9-10/h5-9,11H,3-4,15H2,1-2H3,(H,16,17). The predicted octanol–water partition coefficient (Wildman–Crippen LogP) is 3.05. The van der Waals surface area contributed by atoms with Crippen LogP contribution in [0.2, 0.25) is 0 Å². The molecule has 0 aliphatic rings. The summed E-state index contributed by atoms with van der Waals surface area (Å²) in [7, 11) is 0. The van der Waals surface area contributed by atoms with Gasteiger partial charge in [-0.1, -0.05) is 44.2 Å². The molecule has 2 rings (SSSR count). The second-order valence-corrected chi connectivity index (χ2v) is 4.18. The fourth-order valence-corrected chi connectivity index (χ4v) is 1.89. The van der Waals surface area contributed by atoms with Crippen molar-refractivity contribution in [1.29, 1.82) is 0 Å². The second kappa shape index (κ2) is 5.15. The third-order valence-electron chi connectivity index (χ3n) is 2.99. The normalized spacial score (nSPS) is 12.6. The van der Waals surface area contributed by atoms with Crippen molar-refractivity contribution in [1.82, 2.24) is 9.97 Å². The van der Waals surface area contributed by atoms with E-state index in [1.165, 1.54) is 0 Å². The van der Waals surface area contributed by atoms with Gasteiger partial charge in [0.2, 0.25) is 0 Å². The molecule has 90 valence electrons. The van der Waals surface area contributed by atoms with Crippen LogP contribution in [0.15, 0.2) is 30.3 Å². The Morgan fingerprint density at radius 3 is 2.53 bits per heavy atom. The Bertz CT molecular complexity index is 473. The lowest BCUT2D eigenvalue weighted by molar-refractivity contribution is 0.656. The third kappa shape index (κ3) is 2.39. The van der Waals surface area contributed by atoms with Gasteiger partial charge in [0.05, 0.1) is 11.7 Å². The van der Waals surface area contributed by atoms with Crippen molar-refractivity contribution in [2.75, 3.05) is 0 Å². The average molecular weight is 229 g/mol. The van der Waals surface area contributed by atoms with Crippen LogP contribution in [-0.4, -0.2) is 9.97 Å². The highest BCUT2D eigenvalue weighted by Crippen LogP contribution is 2.24. The number of hydrogen-bond donors (Lipinski definition) is 2. The first kappa shape index (κ1) is 11.9. The topological polar surface area (TPSA) is 54.7 Å². The Hall–Kier alpha value is -1.61. The first-order chi connectivity index (χ1) is 8.26. The van der Waals surface area contributed by atoms with Crippen molar-refractivity contribution in [2.24, 2.45) is 5.73 Å². The Morgan fingerprint density at radius 2 is 1.94 bits per heavy atom. The molecule has 17 heavy (non-hydrogen) atoms. The molecule has 0 saturated heterocycles. The van der Waals surface area contributed by atoms with Crippen molar-refractivity contribution in [3.05, 3.63) is 41.9 Å². The molecule has 0 bridgehead atoms. The van der Waals surface area contributed by atoms with E-state index in [4.69, 9.17) is 5.73 Å². The lowest BCUT2D eigenvalue weighted by Gasteiger charge is -2.02. The fraction of sp³-hybridized carbons (Fsp3) is 0.357. The fourth-order valence-electron chi connectivity index (χ4n) is 1.89. The molecule has 0 spiro atoms. The smallest absolute Gasteiger partial charge is 0.123 e. The van der Waals surface area contributed by atoms with Gasteiger partial charge in [-0.15, -0.1) is 0 Å². The van der Waals surface area contributed by atoms with Crippen LogP contribution in [0.3, 0.4) is 0 Å². The predicted molar refractivity (Wildman–Crippen MR) is 70.6 cm³/mol. The zero-order valence-corrected chi connectivity index (χ0v) is 10.4. The molecule has 1 aromatic heterocycles. The summed E-state index contributed by atoms with van der Waals surface area (Å²) in [6.07, 6.45) is 1.83. The zero-order valence-electron chi connectivity index (χ0n) is 10.4.